The van der Waals surface area contributed by atoms with E-state index in [0.717, 1.165) is 38.3 Å². The highest BCUT2D eigenvalue weighted by Gasteiger charge is 2.60. The van der Waals surface area contributed by atoms with Crippen molar-refractivity contribution in [2.75, 3.05) is 26.9 Å². The molecule has 0 radical (unpaired) electrons. The molecule has 1 fully saturated rings. The molecule has 5 nitrogen and oxygen atoms in total. The second-order valence-corrected chi connectivity index (χ2v) is 22.9. The number of rotatable bonds is 13. The first kappa shape index (κ1) is 33.2. The van der Waals surface area contributed by atoms with Crippen LogP contribution in [0.4, 0.5) is 0 Å². The van der Waals surface area contributed by atoms with Crippen LogP contribution in [-0.4, -0.2) is 62.1 Å². The van der Waals surface area contributed by atoms with Crippen LogP contribution in [0.5, 0.6) is 0 Å². The zero-order valence-electron chi connectivity index (χ0n) is 27.4. The molecule has 0 N–H and O–H groups in total. The number of hydrogen-bond donors (Lipinski definition) is 0. The monoisotopic (exact) mass is 580 g/mol. The molecular formula is C32H60O5Si2. The van der Waals surface area contributed by atoms with Crippen molar-refractivity contribution in [1.29, 1.82) is 0 Å². The van der Waals surface area contributed by atoms with Crippen LogP contribution < -0.4 is 0 Å². The Morgan fingerprint density at radius 1 is 1.00 bits per heavy atom. The first-order valence-electron chi connectivity index (χ1n) is 15.5. The summed E-state index contributed by atoms with van der Waals surface area (Å²) in [6.07, 6.45) is 11.4. The van der Waals surface area contributed by atoms with E-state index in [1.807, 2.05) is 0 Å². The van der Waals surface area contributed by atoms with Crippen molar-refractivity contribution in [3.63, 3.8) is 0 Å². The van der Waals surface area contributed by atoms with Crippen LogP contribution in [0.25, 0.3) is 0 Å². The van der Waals surface area contributed by atoms with E-state index in [1.54, 1.807) is 7.11 Å². The number of hydrogen-bond acceptors (Lipinski definition) is 5. The Morgan fingerprint density at radius 3 is 2.21 bits per heavy atom. The predicted molar refractivity (Wildman–Crippen MR) is 167 cm³/mol. The zero-order chi connectivity index (χ0) is 29.3. The van der Waals surface area contributed by atoms with Crippen molar-refractivity contribution in [1.82, 2.24) is 0 Å². The van der Waals surface area contributed by atoms with Crippen LogP contribution in [0, 0.1) is 16.7 Å². The minimum atomic E-state index is -2.34. The van der Waals surface area contributed by atoms with Gasteiger partial charge in [0, 0.05) is 30.8 Å². The van der Waals surface area contributed by atoms with Crippen molar-refractivity contribution >= 4 is 16.9 Å². The van der Waals surface area contributed by atoms with E-state index in [1.165, 1.54) is 17.6 Å². The molecule has 0 heterocycles. The number of methoxy groups -OCH3 is 1. The molecule has 0 unspecified atom stereocenters. The highest BCUT2D eigenvalue weighted by molar-refractivity contribution is 6.74. The summed E-state index contributed by atoms with van der Waals surface area (Å²) in [7, 11) is -2.45. The molecule has 0 aromatic carbocycles. The molecule has 7 heteroatoms. The third-order valence-electron chi connectivity index (χ3n) is 10.1. The van der Waals surface area contributed by atoms with E-state index >= 15 is 0 Å². The maximum Gasteiger partial charge on any atom is 0.339 e. The second kappa shape index (κ2) is 12.5. The predicted octanol–water partition coefficient (Wildman–Crippen LogP) is 8.41. The second-order valence-electron chi connectivity index (χ2n) is 15.0. The zero-order valence-corrected chi connectivity index (χ0v) is 29.4. The molecular weight excluding hydrogens is 521 g/mol. The molecule has 1 saturated carbocycles. The van der Waals surface area contributed by atoms with E-state index in [-0.39, 0.29) is 28.1 Å². The van der Waals surface area contributed by atoms with Gasteiger partial charge in [-0.25, -0.2) is 0 Å². The standard InChI is InChI=1S/C32H60O5Si2/c1-24(2)35-39(12,36-25(3)4)22-26-15-18-32(23-34-20-19-33-9)27(21-26)16-17-31(8)28(32)13-14-29(31)37-38(10,11)30(5,6)7/h16,21,24-25,28-29H,13-15,17-20,22-23H2,1-12H3/t28-,29+,31+,32-/m1/s1. The number of fused-ring (bicyclic) bond motifs is 3. The summed E-state index contributed by atoms with van der Waals surface area (Å²) in [4.78, 5) is 0. The van der Waals surface area contributed by atoms with Gasteiger partial charge in [-0.2, -0.15) is 0 Å². The Labute approximate surface area is 242 Å². The first-order valence-corrected chi connectivity index (χ1v) is 20.9. The molecule has 0 amide bonds. The molecule has 0 spiro atoms. The van der Waals surface area contributed by atoms with Gasteiger partial charge in [-0.3, -0.25) is 0 Å². The maximum atomic E-state index is 7.17. The maximum absolute atomic E-state index is 7.17. The average molecular weight is 581 g/mol. The van der Waals surface area contributed by atoms with Crippen LogP contribution in [-0.2, 0) is 22.8 Å². The molecule has 0 aromatic rings. The molecule has 0 saturated heterocycles. The van der Waals surface area contributed by atoms with E-state index in [0.29, 0.717) is 25.2 Å². The van der Waals surface area contributed by atoms with Gasteiger partial charge in [-0.15, -0.1) is 0 Å². The molecule has 0 bridgehead atoms. The average Bonchev–Trinajstić information content (AvgIpc) is 3.11. The van der Waals surface area contributed by atoms with Crippen molar-refractivity contribution in [2.45, 2.75) is 137 Å². The topological polar surface area (TPSA) is 46.2 Å². The molecule has 0 aromatic heterocycles. The Kier molecular flexibility index (Phi) is 10.7. The van der Waals surface area contributed by atoms with Crippen LogP contribution in [0.15, 0.2) is 23.3 Å². The van der Waals surface area contributed by atoms with Gasteiger partial charge in [0.1, 0.15) is 0 Å². The summed E-state index contributed by atoms with van der Waals surface area (Å²) in [6, 6.07) is 0.931. The summed E-state index contributed by atoms with van der Waals surface area (Å²) < 4.78 is 31.8. The summed E-state index contributed by atoms with van der Waals surface area (Å²) in [5.41, 5.74) is 3.15. The van der Waals surface area contributed by atoms with Crippen LogP contribution in [0.3, 0.4) is 0 Å². The lowest BCUT2D eigenvalue weighted by Crippen LogP contribution is -2.53. The number of allylic oxidation sites excluding steroid dienone is 3. The largest absolute Gasteiger partial charge is 0.413 e. The fourth-order valence-corrected chi connectivity index (χ4v) is 12.1. The van der Waals surface area contributed by atoms with Gasteiger partial charge in [0.25, 0.3) is 0 Å². The van der Waals surface area contributed by atoms with Gasteiger partial charge < -0.3 is 22.8 Å². The first-order chi connectivity index (χ1) is 18.0. The molecule has 4 atom stereocenters. The van der Waals surface area contributed by atoms with Gasteiger partial charge in [-0.1, -0.05) is 45.4 Å². The normalized spacial score (nSPS) is 29.9. The van der Waals surface area contributed by atoms with Crippen molar-refractivity contribution in [3.05, 3.63) is 23.3 Å². The fraction of sp³-hybridized carbons (Fsp3) is 0.875. The van der Waals surface area contributed by atoms with E-state index in [2.05, 4.69) is 87.2 Å². The minimum Gasteiger partial charge on any atom is -0.413 e. The lowest BCUT2D eigenvalue weighted by Gasteiger charge is -2.54. The Hall–Kier alpha value is -0.286. The third-order valence-corrected chi connectivity index (χ3v) is 17.6. The highest BCUT2D eigenvalue weighted by Crippen LogP contribution is 2.64. The van der Waals surface area contributed by atoms with Gasteiger partial charge in [-0.05, 0) is 101 Å². The highest BCUT2D eigenvalue weighted by atomic mass is 28.4. The molecule has 3 aliphatic carbocycles. The summed E-state index contributed by atoms with van der Waals surface area (Å²) in [5.74, 6) is 0.558. The molecule has 226 valence electrons. The van der Waals surface area contributed by atoms with Gasteiger partial charge >= 0.3 is 8.56 Å². The van der Waals surface area contributed by atoms with Crippen molar-refractivity contribution in [2.24, 2.45) is 16.7 Å². The molecule has 3 rings (SSSR count). The van der Waals surface area contributed by atoms with E-state index in [4.69, 9.17) is 22.8 Å². The summed E-state index contributed by atoms with van der Waals surface area (Å²) in [5, 5.41) is 0.215. The van der Waals surface area contributed by atoms with E-state index in [9.17, 15) is 0 Å². The smallest absolute Gasteiger partial charge is 0.339 e. The lowest BCUT2D eigenvalue weighted by atomic mass is 9.53. The summed E-state index contributed by atoms with van der Waals surface area (Å²) >= 11 is 0. The molecule has 0 aliphatic heterocycles. The summed E-state index contributed by atoms with van der Waals surface area (Å²) in [6.45, 7) is 27.2. The van der Waals surface area contributed by atoms with Crippen LogP contribution in [0.1, 0.15) is 87.5 Å². The fourth-order valence-electron chi connectivity index (χ4n) is 7.35. The minimum absolute atomic E-state index is 0.0333. The van der Waals surface area contributed by atoms with E-state index < -0.39 is 16.9 Å². The Bertz CT molecular complexity index is 879. The van der Waals surface area contributed by atoms with Crippen molar-refractivity contribution in [3.8, 4) is 0 Å². The third kappa shape index (κ3) is 7.38. The van der Waals surface area contributed by atoms with Crippen molar-refractivity contribution < 1.29 is 22.8 Å². The SMILES string of the molecule is COCCOC[C@]12CCC(C[Si](C)(OC(C)C)OC(C)C)=CC1=CC[C@]1(C)[C@@H](O[Si](C)(C)C(C)(C)C)CC[C@@H]21. The quantitative estimate of drug-likeness (QED) is 0.162. The molecule has 3 aliphatic rings. The lowest BCUT2D eigenvalue weighted by molar-refractivity contribution is -0.0539. The van der Waals surface area contributed by atoms with Gasteiger partial charge in [0.2, 0.25) is 0 Å². The molecule has 39 heavy (non-hydrogen) atoms. The Morgan fingerprint density at radius 2 is 1.64 bits per heavy atom. The van der Waals surface area contributed by atoms with Crippen LogP contribution in [0.2, 0.25) is 30.7 Å². The van der Waals surface area contributed by atoms with Gasteiger partial charge in [0.15, 0.2) is 8.32 Å². The van der Waals surface area contributed by atoms with Gasteiger partial charge in [0.05, 0.1) is 25.9 Å². The Balaban J connectivity index is 1.94. The van der Waals surface area contributed by atoms with Crippen LogP contribution >= 0.6 is 0 Å². The number of ether oxygens (including phenoxy) is 2.